The number of esters is 1. The van der Waals surface area contributed by atoms with Crippen molar-refractivity contribution in [2.24, 2.45) is 0 Å². The van der Waals surface area contributed by atoms with Gasteiger partial charge in [0.2, 0.25) is 0 Å². The lowest BCUT2D eigenvalue weighted by Gasteiger charge is -2.26. The van der Waals surface area contributed by atoms with E-state index in [1.54, 1.807) is 0 Å². The summed E-state index contributed by atoms with van der Waals surface area (Å²) in [5, 5.41) is 0. The molecule has 0 N–H and O–H groups in total. The molecule has 1 aliphatic rings. The Balaban J connectivity index is 2.10. The van der Waals surface area contributed by atoms with Gasteiger partial charge in [-0.15, -0.1) is 0 Å². The Labute approximate surface area is 238 Å². The lowest BCUT2D eigenvalue weighted by Crippen LogP contribution is -2.25. The molecule has 1 heterocycles. The Bertz CT molecular complexity index is 970. The molecule has 0 aliphatic carbocycles. The predicted molar refractivity (Wildman–Crippen MR) is 161 cm³/mol. The van der Waals surface area contributed by atoms with Crippen molar-refractivity contribution in [2.45, 2.75) is 111 Å². The first kappa shape index (κ1) is 33.1. The van der Waals surface area contributed by atoms with Gasteiger partial charge in [-0.3, -0.25) is 4.79 Å². The van der Waals surface area contributed by atoms with Crippen molar-refractivity contribution in [2.75, 3.05) is 27.1 Å². The van der Waals surface area contributed by atoms with Crippen LogP contribution in [-0.2, 0) is 25.4 Å². The number of hydrogen-bond acceptors (Lipinski definition) is 6. The van der Waals surface area contributed by atoms with Crippen LogP contribution in [0.25, 0.3) is 0 Å². The molecule has 1 aliphatic heterocycles. The highest BCUT2D eigenvalue weighted by Crippen LogP contribution is 2.36. The fourth-order valence-corrected chi connectivity index (χ4v) is 5.08. The van der Waals surface area contributed by atoms with Crippen LogP contribution < -0.4 is 9.47 Å². The summed E-state index contributed by atoms with van der Waals surface area (Å²) in [7, 11) is 0.289. The zero-order valence-electron chi connectivity index (χ0n) is 25.7. The smallest absolute Gasteiger partial charge is 0.305 e. The van der Waals surface area contributed by atoms with E-state index in [2.05, 4.69) is 65.6 Å². The van der Waals surface area contributed by atoms with Crippen LogP contribution in [0.1, 0.15) is 75.5 Å². The third-order valence-corrected chi connectivity index (χ3v) is 8.91. The van der Waals surface area contributed by atoms with Crippen molar-refractivity contribution in [1.82, 2.24) is 0 Å². The molecule has 0 amide bonds. The van der Waals surface area contributed by atoms with Gasteiger partial charge in [-0.2, -0.15) is 0 Å². The van der Waals surface area contributed by atoms with Gasteiger partial charge in [-0.1, -0.05) is 42.9 Å². The molecule has 1 aromatic carbocycles. The van der Waals surface area contributed by atoms with E-state index in [1.807, 2.05) is 0 Å². The van der Waals surface area contributed by atoms with Gasteiger partial charge in [-0.25, -0.2) is 0 Å². The average Bonchev–Trinajstić information content (AvgIpc) is 2.89. The molecule has 0 saturated carbocycles. The minimum Gasteiger partial charge on any atom is -0.469 e. The number of allylic oxidation sites excluding steroid dienone is 4. The molecule has 39 heavy (non-hydrogen) atoms. The normalized spacial score (nSPS) is 16.8. The molecule has 1 unspecified atom stereocenters. The Morgan fingerprint density at radius 2 is 1.79 bits per heavy atom. The fraction of sp³-hybridized carbons (Fsp3) is 0.656. The SMILES string of the molecule is COC(=O)CC/C(C)=C/CCC(C)=CCc1cc(OC2CCCCO2)c(C)c(C)c1OCOCC[Si](C)(C)C. The largest absolute Gasteiger partial charge is 0.469 e. The molecule has 1 aromatic rings. The minimum atomic E-state index is -1.14. The van der Waals surface area contributed by atoms with Crippen LogP contribution in [-0.4, -0.2) is 47.4 Å². The van der Waals surface area contributed by atoms with Crippen LogP contribution in [0.2, 0.25) is 25.7 Å². The zero-order chi connectivity index (χ0) is 28.8. The molecular weight excluding hydrogens is 508 g/mol. The van der Waals surface area contributed by atoms with Crippen molar-refractivity contribution >= 4 is 14.0 Å². The first-order valence-corrected chi connectivity index (χ1v) is 18.2. The maximum absolute atomic E-state index is 11.4. The molecule has 6 nitrogen and oxygen atoms in total. The minimum absolute atomic E-state index is 0.162. The van der Waals surface area contributed by atoms with Crippen LogP contribution in [0.15, 0.2) is 29.4 Å². The van der Waals surface area contributed by atoms with E-state index in [0.717, 1.165) is 92.4 Å². The van der Waals surface area contributed by atoms with E-state index < -0.39 is 8.07 Å². The lowest BCUT2D eigenvalue weighted by molar-refractivity contribution is -0.140. The van der Waals surface area contributed by atoms with Crippen LogP contribution in [0, 0.1) is 13.8 Å². The highest BCUT2D eigenvalue weighted by Gasteiger charge is 2.20. The number of hydrogen-bond donors (Lipinski definition) is 0. The molecule has 0 spiro atoms. The van der Waals surface area contributed by atoms with Crippen LogP contribution >= 0.6 is 0 Å². The van der Waals surface area contributed by atoms with Gasteiger partial charge in [0, 0.05) is 33.1 Å². The summed E-state index contributed by atoms with van der Waals surface area (Å²) < 4.78 is 29.0. The van der Waals surface area contributed by atoms with Crippen molar-refractivity contribution in [3.63, 3.8) is 0 Å². The van der Waals surface area contributed by atoms with E-state index in [4.69, 9.17) is 23.7 Å². The summed E-state index contributed by atoms with van der Waals surface area (Å²) in [5.41, 5.74) is 5.81. The summed E-state index contributed by atoms with van der Waals surface area (Å²) >= 11 is 0. The topological polar surface area (TPSA) is 63.2 Å². The molecule has 7 heteroatoms. The number of ether oxygens (including phenoxy) is 5. The summed E-state index contributed by atoms with van der Waals surface area (Å²) in [4.78, 5) is 11.4. The van der Waals surface area contributed by atoms with Gasteiger partial charge in [0.15, 0.2) is 13.1 Å². The van der Waals surface area contributed by atoms with E-state index in [-0.39, 0.29) is 19.1 Å². The van der Waals surface area contributed by atoms with E-state index in [9.17, 15) is 4.79 Å². The second kappa shape index (κ2) is 16.9. The number of benzene rings is 1. The van der Waals surface area contributed by atoms with Crippen LogP contribution in [0.3, 0.4) is 0 Å². The lowest BCUT2D eigenvalue weighted by atomic mass is 9.99. The summed E-state index contributed by atoms with van der Waals surface area (Å²) in [6, 6.07) is 3.24. The number of rotatable bonds is 16. The number of carbonyl (C=O) groups excluding carboxylic acids is 1. The van der Waals surface area contributed by atoms with Crippen LogP contribution in [0.5, 0.6) is 11.5 Å². The quantitative estimate of drug-likeness (QED) is 0.0670. The van der Waals surface area contributed by atoms with Gasteiger partial charge < -0.3 is 23.7 Å². The standard InChI is InChI=1S/C32H52O6Si/c1-24(12-11-13-25(2)16-18-30(33)34-5)15-17-28-22-29(38-31-14-9-10-19-36-31)26(3)27(4)32(28)37-23-35-20-21-39(6,7)8/h13,15,22,31H,9-12,14,16-21,23H2,1-8H3/b24-15?,25-13+. The Hall–Kier alpha value is -2.09. The Morgan fingerprint density at radius 1 is 1.05 bits per heavy atom. The van der Waals surface area contributed by atoms with Crippen molar-refractivity contribution in [3.05, 3.63) is 46.1 Å². The van der Waals surface area contributed by atoms with E-state index in [0.29, 0.717) is 6.42 Å². The summed E-state index contributed by atoms with van der Waals surface area (Å²) in [6.45, 7) is 17.2. The molecule has 1 fully saturated rings. The monoisotopic (exact) mass is 560 g/mol. The van der Waals surface area contributed by atoms with Crippen molar-refractivity contribution in [1.29, 1.82) is 0 Å². The van der Waals surface area contributed by atoms with Gasteiger partial charge in [-0.05, 0) is 89.5 Å². The van der Waals surface area contributed by atoms with Gasteiger partial charge in [0.25, 0.3) is 0 Å². The molecule has 2 rings (SSSR count). The van der Waals surface area contributed by atoms with Crippen LogP contribution in [0.4, 0.5) is 0 Å². The summed E-state index contributed by atoms with van der Waals surface area (Å²) in [5.74, 6) is 1.60. The molecular formula is C32H52O6Si. The molecule has 1 atom stereocenters. The fourth-order valence-electron chi connectivity index (χ4n) is 4.32. The van der Waals surface area contributed by atoms with Crippen molar-refractivity contribution in [3.8, 4) is 11.5 Å². The van der Waals surface area contributed by atoms with E-state index in [1.165, 1.54) is 18.3 Å². The average molecular weight is 561 g/mol. The number of carbonyl (C=O) groups is 1. The van der Waals surface area contributed by atoms with Crippen molar-refractivity contribution < 1.29 is 28.5 Å². The zero-order valence-corrected chi connectivity index (χ0v) is 26.7. The maximum Gasteiger partial charge on any atom is 0.305 e. The van der Waals surface area contributed by atoms with Gasteiger partial charge >= 0.3 is 5.97 Å². The molecule has 220 valence electrons. The Kier molecular flexibility index (Phi) is 14.3. The molecule has 0 radical (unpaired) electrons. The highest BCUT2D eigenvalue weighted by atomic mass is 28.3. The second-order valence-electron chi connectivity index (χ2n) is 11.9. The highest BCUT2D eigenvalue weighted by molar-refractivity contribution is 6.76. The molecule has 0 aromatic heterocycles. The number of methoxy groups -OCH3 is 1. The third kappa shape index (κ3) is 12.7. The Morgan fingerprint density at radius 3 is 2.46 bits per heavy atom. The van der Waals surface area contributed by atoms with Gasteiger partial charge in [0.1, 0.15) is 11.5 Å². The molecule has 0 bridgehead atoms. The van der Waals surface area contributed by atoms with E-state index >= 15 is 0 Å². The maximum atomic E-state index is 11.4. The first-order chi connectivity index (χ1) is 18.5. The predicted octanol–water partition coefficient (Wildman–Crippen LogP) is 8.07. The van der Waals surface area contributed by atoms with Gasteiger partial charge in [0.05, 0.1) is 13.7 Å². The molecule has 1 saturated heterocycles. The second-order valence-corrected chi connectivity index (χ2v) is 17.5. The summed E-state index contributed by atoms with van der Waals surface area (Å²) in [6.07, 6.45) is 11.3. The third-order valence-electron chi connectivity index (χ3n) is 7.20. The first-order valence-electron chi connectivity index (χ1n) is 14.5.